The fourth-order valence-electron chi connectivity index (χ4n) is 4.84. The number of hydrogen-bond acceptors (Lipinski definition) is 7. The lowest BCUT2D eigenvalue weighted by Gasteiger charge is -2.37. The number of nitrogens with one attached hydrogen (secondary N) is 1. The first-order valence-corrected chi connectivity index (χ1v) is 13.1. The van der Waals surface area contributed by atoms with Crippen molar-refractivity contribution in [3.05, 3.63) is 60.0 Å². The molecule has 1 unspecified atom stereocenters. The fourth-order valence-corrected chi connectivity index (χ4v) is 5.56. The van der Waals surface area contributed by atoms with Gasteiger partial charge < -0.3 is 25.3 Å². The average Bonchev–Trinajstić information content (AvgIpc) is 3.59. The Hall–Kier alpha value is -3.56. The second-order valence-corrected chi connectivity index (χ2v) is 10.3. The van der Waals surface area contributed by atoms with Gasteiger partial charge in [-0.1, -0.05) is 18.2 Å². The van der Waals surface area contributed by atoms with Crippen molar-refractivity contribution in [3.63, 3.8) is 0 Å². The molecule has 0 saturated carbocycles. The molecule has 0 aliphatic carbocycles. The van der Waals surface area contributed by atoms with Crippen LogP contribution in [0.25, 0.3) is 10.4 Å². The summed E-state index contributed by atoms with van der Waals surface area (Å²) >= 11 is 1.73. The molecule has 2 aliphatic heterocycles. The van der Waals surface area contributed by atoms with Crippen LogP contribution in [-0.2, 0) is 9.59 Å². The zero-order chi connectivity index (χ0) is 25.1. The molecule has 3 N–H and O–H groups in total. The third-order valence-corrected chi connectivity index (χ3v) is 7.81. The van der Waals surface area contributed by atoms with Gasteiger partial charge in [-0.2, -0.15) is 0 Å². The summed E-state index contributed by atoms with van der Waals surface area (Å²) in [6, 6.07) is 17.0. The minimum Gasteiger partial charge on any atom is -0.504 e. The van der Waals surface area contributed by atoms with E-state index in [1.807, 2.05) is 9.80 Å². The molecular formula is C27H30N4O4S. The number of amides is 2. The smallest absolute Gasteiger partial charge is 0.236 e. The molecule has 2 fully saturated rings. The van der Waals surface area contributed by atoms with E-state index in [1.165, 1.54) is 28.3 Å². The molecule has 188 valence electrons. The molecule has 2 aromatic carbocycles. The molecule has 1 aromatic heterocycles. The highest BCUT2D eigenvalue weighted by Gasteiger charge is 2.31. The minimum absolute atomic E-state index is 0.103. The van der Waals surface area contributed by atoms with Gasteiger partial charge in [0.15, 0.2) is 11.5 Å². The molecule has 5 rings (SSSR count). The van der Waals surface area contributed by atoms with E-state index in [2.05, 4.69) is 52.0 Å². The molecule has 3 heterocycles. The number of phenols is 2. The number of rotatable bonds is 6. The van der Waals surface area contributed by atoms with Crippen LogP contribution in [0, 0.1) is 5.92 Å². The zero-order valence-corrected chi connectivity index (χ0v) is 20.8. The summed E-state index contributed by atoms with van der Waals surface area (Å²) in [7, 11) is 0. The number of anilines is 2. The molecule has 2 aliphatic rings. The van der Waals surface area contributed by atoms with E-state index >= 15 is 0 Å². The van der Waals surface area contributed by atoms with E-state index in [4.69, 9.17) is 0 Å². The molecule has 3 aromatic rings. The van der Waals surface area contributed by atoms with E-state index in [1.54, 1.807) is 17.4 Å². The summed E-state index contributed by atoms with van der Waals surface area (Å²) in [6.45, 7) is 4.50. The van der Waals surface area contributed by atoms with Crippen LogP contribution in [0.4, 0.5) is 11.4 Å². The largest absolute Gasteiger partial charge is 0.504 e. The maximum atomic E-state index is 13.0. The van der Waals surface area contributed by atoms with Crippen LogP contribution < -0.4 is 10.2 Å². The first-order valence-electron chi connectivity index (χ1n) is 12.2. The fraction of sp³-hybridized carbons (Fsp3) is 0.333. The maximum Gasteiger partial charge on any atom is 0.236 e. The number of hydrogen-bond donors (Lipinski definition) is 3. The van der Waals surface area contributed by atoms with Crippen molar-refractivity contribution in [2.24, 2.45) is 5.92 Å². The van der Waals surface area contributed by atoms with E-state index in [0.717, 1.165) is 13.1 Å². The quantitative estimate of drug-likeness (QED) is 0.350. The second kappa shape index (κ2) is 10.6. The van der Waals surface area contributed by atoms with Crippen molar-refractivity contribution >= 4 is 34.5 Å². The number of carbonyl (C=O) groups is 2. The molecule has 8 nitrogen and oxygen atoms in total. The Kier molecular flexibility index (Phi) is 7.11. The topological polar surface area (TPSA) is 96.3 Å². The SMILES string of the molecule is O=C(Nc1ccc(O)c(O)c1)C1CCN(CC(=O)N2CCN(c3cccc(-c4cccs4)c3)CC2)C1. The predicted molar refractivity (Wildman–Crippen MR) is 141 cm³/mol. The Morgan fingerprint density at radius 3 is 2.53 bits per heavy atom. The average molecular weight is 507 g/mol. The van der Waals surface area contributed by atoms with Crippen LogP contribution in [0.3, 0.4) is 0 Å². The maximum absolute atomic E-state index is 13.0. The van der Waals surface area contributed by atoms with Crippen molar-refractivity contribution in [3.8, 4) is 21.9 Å². The molecule has 0 bridgehead atoms. The number of benzene rings is 2. The third-order valence-electron chi connectivity index (χ3n) is 6.89. The van der Waals surface area contributed by atoms with E-state index in [-0.39, 0.29) is 29.2 Å². The van der Waals surface area contributed by atoms with Gasteiger partial charge in [0, 0.05) is 55.0 Å². The summed E-state index contributed by atoms with van der Waals surface area (Å²) < 4.78 is 0. The van der Waals surface area contributed by atoms with Crippen LogP contribution in [0.15, 0.2) is 60.0 Å². The normalized spacial score (nSPS) is 18.4. The van der Waals surface area contributed by atoms with Crippen molar-refractivity contribution < 1.29 is 19.8 Å². The number of likely N-dealkylation sites (tertiary alicyclic amines) is 1. The molecule has 2 amide bonds. The summed E-state index contributed by atoms with van der Waals surface area (Å²) in [6.07, 6.45) is 0.678. The number of nitrogens with zero attached hydrogens (tertiary/aromatic N) is 3. The highest BCUT2D eigenvalue weighted by molar-refractivity contribution is 7.13. The van der Waals surface area contributed by atoms with Crippen molar-refractivity contribution in [2.45, 2.75) is 6.42 Å². The van der Waals surface area contributed by atoms with Crippen LogP contribution >= 0.6 is 11.3 Å². The first-order chi connectivity index (χ1) is 17.5. The summed E-state index contributed by atoms with van der Waals surface area (Å²) in [5.74, 6) is -0.769. The number of thiophene rings is 1. The van der Waals surface area contributed by atoms with Gasteiger partial charge in [0.25, 0.3) is 0 Å². The Morgan fingerprint density at radius 1 is 0.944 bits per heavy atom. The molecule has 0 radical (unpaired) electrons. The van der Waals surface area contributed by atoms with E-state index < -0.39 is 0 Å². The summed E-state index contributed by atoms with van der Waals surface area (Å²) in [5.41, 5.74) is 2.84. The lowest BCUT2D eigenvalue weighted by Crippen LogP contribution is -2.51. The lowest BCUT2D eigenvalue weighted by atomic mass is 10.1. The number of phenolic OH excluding ortho intramolecular Hbond substituents is 2. The summed E-state index contributed by atoms with van der Waals surface area (Å²) in [5, 5.41) is 23.9. The van der Waals surface area contributed by atoms with Crippen molar-refractivity contribution in [1.29, 1.82) is 0 Å². The summed E-state index contributed by atoms with van der Waals surface area (Å²) in [4.78, 5) is 33.1. The zero-order valence-electron chi connectivity index (χ0n) is 20.0. The Bertz CT molecular complexity index is 1220. The highest BCUT2D eigenvalue weighted by Crippen LogP contribution is 2.30. The first kappa shape index (κ1) is 24.1. The standard InChI is InChI=1S/C27H30N4O4S/c32-23-7-6-21(16-24(23)33)28-27(35)20-8-9-29(17-20)18-26(34)31-12-10-30(11-13-31)22-4-1-3-19(15-22)25-5-2-14-36-25/h1-7,14-16,20,32-33H,8-13,17-18H2,(H,28,35). The van der Waals surface area contributed by atoms with Gasteiger partial charge in [-0.25, -0.2) is 0 Å². The van der Waals surface area contributed by atoms with Gasteiger partial charge in [0.1, 0.15) is 0 Å². The molecular weight excluding hydrogens is 476 g/mol. The molecule has 36 heavy (non-hydrogen) atoms. The minimum atomic E-state index is -0.276. The van der Waals surface area contributed by atoms with Crippen LogP contribution in [0.2, 0.25) is 0 Å². The lowest BCUT2D eigenvalue weighted by molar-refractivity contribution is -0.132. The van der Waals surface area contributed by atoms with Crippen LogP contribution in [-0.4, -0.2) is 77.6 Å². The van der Waals surface area contributed by atoms with Gasteiger partial charge in [0.05, 0.1) is 12.5 Å². The number of piperazine rings is 1. The van der Waals surface area contributed by atoms with Gasteiger partial charge in [0.2, 0.25) is 11.8 Å². The van der Waals surface area contributed by atoms with Crippen molar-refractivity contribution in [1.82, 2.24) is 9.80 Å². The van der Waals surface area contributed by atoms with Crippen LogP contribution in [0.1, 0.15) is 6.42 Å². The van der Waals surface area contributed by atoms with Gasteiger partial charge in [-0.15, -0.1) is 11.3 Å². The van der Waals surface area contributed by atoms with Gasteiger partial charge in [-0.05, 0) is 54.2 Å². The number of carbonyl (C=O) groups excluding carboxylic acids is 2. The van der Waals surface area contributed by atoms with E-state index in [9.17, 15) is 19.8 Å². The molecule has 2 saturated heterocycles. The third kappa shape index (κ3) is 5.47. The Balaban J connectivity index is 1.09. The monoisotopic (exact) mass is 506 g/mol. The van der Waals surface area contributed by atoms with Crippen molar-refractivity contribution in [2.75, 3.05) is 56.0 Å². The van der Waals surface area contributed by atoms with E-state index in [0.29, 0.717) is 44.8 Å². The van der Waals surface area contributed by atoms with Gasteiger partial charge in [-0.3, -0.25) is 14.5 Å². The molecule has 0 spiro atoms. The molecule has 1 atom stereocenters. The predicted octanol–water partition coefficient (Wildman–Crippen LogP) is 3.44. The Labute approximate surface area is 214 Å². The highest BCUT2D eigenvalue weighted by atomic mass is 32.1. The Morgan fingerprint density at radius 2 is 1.78 bits per heavy atom. The number of aromatic hydroxyl groups is 2. The van der Waals surface area contributed by atoms with Crippen LogP contribution in [0.5, 0.6) is 11.5 Å². The molecule has 9 heteroatoms. The second-order valence-electron chi connectivity index (χ2n) is 9.31. The van der Waals surface area contributed by atoms with Gasteiger partial charge >= 0.3 is 0 Å².